The average Bonchev–Trinajstić information content (AvgIpc) is 3.31. The number of H-pyrrole nitrogens is 1. The Morgan fingerprint density at radius 2 is 2.12 bits per heavy atom. The molecule has 0 spiro atoms. The summed E-state index contributed by atoms with van der Waals surface area (Å²) in [5.41, 5.74) is 2.10. The molecule has 7 nitrogen and oxygen atoms in total. The molecule has 0 aliphatic carbocycles. The minimum atomic E-state index is 0.185. The van der Waals surface area contributed by atoms with Crippen LogP contribution in [0.2, 0.25) is 0 Å². The molecule has 0 amide bonds. The molecule has 0 bridgehead atoms. The largest absolute Gasteiger partial charge is 0.376 e. The van der Waals surface area contributed by atoms with Gasteiger partial charge in [-0.1, -0.05) is 18.2 Å². The fourth-order valence-corrected chi connectivity index (χ4v) is 2.88. The van der Waals surface area contributed by atoms with Crippen LogP contribution in [0.3, 0.4) is 0 Å². The van der Waals surface area contributed by atoms with Gasteiger partial charge in [0.05, 0.1) is 17.4 Å². The van der Waals surface area contributed by atoms with E-state index in [-0.39, 0.29) is 11.9 Å². The van der Waals surface area contributed by atoms with E-state index < -0.39 is 0 Å². The smallest absolute Gasteiger partial charge is 0.216 e. The van der Waals surface area contributed by atoms with E-state index in [1.54, 1.807) is 17.5 Å². The molecular weight excluding hydrogens is 322 g/mol. The molecule has 0 aliphatic rings. The number of hydrogen-bond acceptors (Lipinski definition) is 7. The van der Waals surface area contributed by atoms with Crippen LogP contribution in [0.4, 0.5) is 11.4 Å². The first-order valence-electron chi connectivity index (χ1n) is 7.27. The first-order valence-corrected chi connectivity index (χ1v) is 8.15. The fraction of sp³-hybridized carbons (Fsp3) is 0.125. The second-order valence-corrected chi connectivity index (χ2v) is 5.96. The zero-order valence-electron chi connectivity index (χ0n) is 12.9. The Morgan fingerprint density at radius 1 is 1.29 bits per heavy atom. The molecule has 1 atom stereocenters. The SMILES string of the molecule is CC(Nc1ccccc1NC=C(C#N)c1nn[nH]n1)c1cccs1. The summed E-state index contributed by atoms with van der Waals surface area (Å²) in [6, 6.07) is 14.2. The van der Waals surface area contributed by atoms with Crippen molar-refractivity contribution in [1.29, 1.82) is 5.26 Å². The van der Waals surface area contributed by atoms with Gasteiger partial charge in [-0.2, -0.15) is 10.5 Å². The minimum absolute atomic E-state index is 0.185. The Morgan fingerprint density at radius 3 is 2.79 bits per heavy atom. The van der Waals surface area contributed by atoms with Crippen molar-refractivity contribution in [2.75, 3.05) is 10.6 Å². The first kappa shape index (κ1) is 15.7. The second-order valence-electron chi connectivity index (χ2n) is 4.98. The van der Waals surface area contributed by atoms with Crippen molar-refractivity contribution in [2.45, 2.75) is 13.0 Å². The van der Waals surface area contributed by atoms with Crippen LogP contribution in [0.1, 0.15) is 23.7 Å². The number of rotatable bonds is 6. The molecule has 2 aromatic heterocycles. The van der Waals surface area contributed by atoms with Gasteiger partial charge in [-0.15, -0.1) is 21.5 Å². The van der Waals surface area contributed by atoms with E-state index >= 15 is 0 Å². The molecule has 0 saturated carbocycles. The van der Waals surface area contributed by atoms with Gasteiger partial charge in [0.2, 0.25) is 5.82 Å². The van der Waals surface area contributed by atoms with Gasteiger partial charge in [0, 0.05) is 11.1 Å². The molecule has 24 heavy (non-hydrogen) atoms. The van der Waals surface area contributed by atoms with Gasteiger partial charge in [0.15, 0.2) is 0 Å². The number of thiophene rings is 1. The molecule has 3 N–H and O–H groups in total. The van der Waals surface area contributed by atoms with E-state index in [0.29, 0.717) is 5.57 Å². The quantitative estimate of drug-likeness (QED) is 0.596. The normalized spacial score (nSPS) is 12.4. The number of aromatic nitrogens is 4. The van der Waals surface area contributed by atoms with Crippen molar-refractivity contribution in [1.82, 2.24) is 20.6 Å². The maximum absolute atomic E-state index is 9.22. The standard InChI is InChI=1S/C16H15N7S/c1-11(15-7-4-8-24-15)19-14-6-3-2-5-13(14)18-10-12(9-17)16-20-22-23-21-16/h2-8,10-11,18-19H,1H3,(H,20,21,22,23). The maximum atomic E-state index is 9.22. The molecule has 0 radical (unpaired) electrons. The number of aromatic amines is 1. The van der Waals surface area contributed by atoms with Crippen molar-refractivity contribution >= 4 is 28.3 Å². The van der Waals surface area contributed by atoms with E-state index in [9.17, 15) is 5.26 Å². The molecule has 1 unspecified atom stereocenters. The van der Waals surface area contributed by atoms with Crippen LogP contribution in [0.15, 0.2) is 48.0 Å². The second kappa shape index (κ2) is 7.39. The molecule has 3 rings (SSSR count). The van der Waals surface area contributed by atoms with E-state index in [1.807, 2.05) is 30.3 Å². The number of benzene rings is 1. The van der Waals surface area contributed by atoms with Crippen molar-refractivity contribution in [2.24, 2.45) is 0 Å². The average molecular weight is 337 g/mol. The Hall–Kier alpha value is -3.18. The molecule has 8 heteroatoms. The molecule has 1 aromatic carbocycles. The van der Waals surface area contributed by atoms with Crippen molar-refractivity contribution < 1.29 is 0 Å². The predicted molar refractivity (Wildman–Crippen MR) is 94.2 cm³/mol. The highest BCUT2D eigenvalue weighted by atomic mass is 32.1. The van der Waals surface area contributed by atoms with Gasteiger partial charge in [-0.05, 0) is 35.7 Å². The van der Waals surface area contributed by atoms with Crippen LogP contribution < -0.4 is 10.6 Å². The molecule has 0 aliphatic heterocycles. The third kappa shape index (κ3) is 3.59. The topological polar surface area (TPSA) is 102 Å². The molecule has 0 saturated heterocycles. The lowest BCUT2D eigenvalue weighted by molar-refractivity contribution is 0.881. The fourth-order valence-electron chi connectivity index (χ4n) is 2.15. The van der Waals surface area contributed by atoms with Crippen LogP contribution in [0.5, 0.6) is 0 Å². The number of allylic oxidation sites excluding steroid dienone is 1. The lowest BCUT2D eigenvalue weighted by Gasteiger charge is -2.17. The number of anilines is 2. The Bertz CT molecular complexity index is 847. The molecular formula is C16H15N7S. The predicted octanol–water partition coefficient (Wildman–Crippen LogP) is 3.41. The lowest BCUT2D eigenvalue weighted by atomic mass is 10.2. The van der Waals surface area contributed by atoms with Gasteiger partial charge in [0.1, 0.15) is 11.6 Å². The van der Waals surface area contributed by atoms with Gasteiger partial charge in [0.25, 0.3) is 0 Å². The monoisotopic (exact) mass is 337 g/mol. The Labute approximate surface area is 143 Å². The van der Waals surface area contributed by atoms with Crippen molar-refractivity contribution in [3.8, 4) is 6.07 Å². The molecule has 0 fully saturated rings. The zero-order chi connectivity index (χ0) is 16.8. The van der Waals surface area contributed by atoms with Crippen LogP contribution in [0, 0.1) is 11.3 Å². The summed E-state index contributed by atoms with van der Waals surface area (Å²) in [6.45, 7) is 2.11. The number of para-hydroxylation sites is 2. The molecule has 3 aromatic rings. The summed E-state index contributed by atoms with van der Waals surface area (Å²) < 4.78 is 0. The number of nitrogens with zero attached hydrogens (tertiary/aromatic N) is 4. The van der Waals surface area contributed by atoms with E-state index in [1.165, 1.54) is 4.88 Å². The number of hydrogen-bond donors (Lipinski definition) is 3. The minimum Gasteiger partial charge on any atom is -0.376 e. The Kier molecular flexibility index (Phi) is 4.84. The summed E-state index contributed by atoms with van der Waals surface area (Å²) >= 11 is 1.71. The summed E-state index contributed by atoms with van der Waals surface area (Å²) in [5, 5.41) is 31.3. The summed E-state index contributed by atoms with van der Waals surface area (Å²) in [7, 11) is 0. The highest BCUT2D eigenvalue weighted by Crippen LogP contribution is 2.28. The molecule has 2 heterocycles. The number of nitrogens with one attached hydrogen (secondary N) is 3. The number of tetrazole rings is 1. The van der Waals surface area contributed by atoms with Gasteiger partial charge < -0.3 is 10.6 Å². The summed E-state index contributed by atoms with van der Waals surface area (Å²) in [4.78, 5) is 1.25. The van der Waals surface area contributed by atoms with Crippen molar-refractivity contribution in [3.63, 3.8) is 0 Å². The van der Waals surface area contributed by atoms with Gasteiger partial charge in [-0.3, -0.25) is 0 Å². The van der Waals surface area contributed by atoms with E-state index in [4.69, 9.17) is 0 Å². The number of nitriles is 1. The third-order valence-corrected chi connectivity index (χ3v) is 4.40. The summed E-state index contributed by atoms with van der Waals surface area (Å²) in [6.07, 6.45) is 1.57. The maximum Gasteiger partial charge on any atom is 0.216 e. The van der Waals surface area contributed by atoms with Crippen LogP contribution >= 0.6 is 11.3 Å². The van der Waals surface area contributed by atoms with Crippen LogP contribution in [0.25, 0.3) is 5.57 Å². The van der Waals surface area contributed by atoms with E-state index in [0.717, 1.165) is 11.4 Å². The van der Waals surface area contributed by atoms with Crippen molar-refractivity contribution in [3.05, 3.63) is 58.7 Å². The zero-order valence-corrected chi connectivity index (χ0v) is 13.7. The van der Waals surface area contributed by atoms with Gasteiger partial charge in [-0.25, -0.2) is 0 Å². The van der Waals surface area contributed by atoms with Crippen LogP contribution in [-0.4, -0.2) is 20.6 Å². The Balaban J connectivity index is 1.78. The highest BCUT2D eigenvalue weighted by Gasteiger charge is 2.10. The first-order chi connectivity index (χ1) is 11.8. The van der Waals surface area contributed by atoms with Gasteiger partial charge >= 0.3 is 0 Å². The lowest BCUT2D eigenvalue weighted by Crippen LogP contribution is -2.06. The van der Waals surface area contributed by atoms with Crippen LogP contribution in [-0.2, 0) is 0 Å². The summed E-state index contributed by atoms with van der Waals surface area (Å²) in [5.74, 6) is 0.252. The molecule has 120 valence electrons. The third-order valence-electron chi connectivity index (χ3n) is 3.35. The van der Waals surface area contributed by atoms with E-state index in [2.05, 4.69) is 55.7 Å². The highest BCUT2D eigenvalue weighted by molar-refractivity contribution is 7.10.